The van der Waals surface area contributed by atoms with Crippen LogP contribution in [0.2, 0.25) is 0 Å². The quantitative estimate of drug-likeness (QED) is 0.417. The molecule has 0 saturated heterocycles. The van der Waals surface area contributed by atoms with Crippen LogP contribution in [0.4, 0.5) is 0 Å². The van der Waals surface area contributed by atoms with Crippen LogP contribution in [-0.4, -0.2) is 0 Å². The van der Waals surface area contributed by atoms with Crippen molar-refractivity contribution in [1.29, 1.82) is 0 Å². The van der Waals surface area contributed by atoms with E-state index in [0.717, 1.165) is 24.7 Å². The van der Waals surface area contributed by atoms with Crippen LogP contribution >= 0.6 is 0 Å². The zero-order chi connectivity index (χ0) is 5.98. The third-order valence-corrected chi connectivity index (χ3v) is 1.94. The number of hydrogen-bond donors (Lipinski definition) is 0. The molecule has 0 heterocycles. The van der Waals surface area contributed by atoms with Gasteiger partial charge < -0.3 is 0 Å². The predicted octanol–water partition coefficient (Wildman–Crippen LogP) is 2.06. The van der Waals surface area contributed by atoms with Gasteiger partial charge in [-0.3, -0.25) is 0 Å². The minimum absolute atomic E-state index is 0.830. The molecule has 0 aromatic heterocycles. The number of hydrogen-bond acceptors (Lipinski definition) is 0. The molecule has 0 radical (unpaired) electrons. The van der Waals surface area contributed by atoms with Crippen LogP contribution in [0, 0.1) is 23.7 Å². The van der Waals surface area contributed by atoms with Gasteiger partial charge in [0.15, 0.2) is 0 Å². The van der Waals surface area contributed by atoms with Gasteiger partial charge in [-0.2, -0.15) is 0 Å². The van der Waals surface area contributed by atoms with E-state index in [4.69, 9.17) is 0 Å². The molecule has 2 unspecified atom stereocenters. The van der Waals surface area contributed by atoms with Gasteiger partial charge >= 0.3 is 0 Å². The van der Waals surface area contributed by atoms with Crippen molar-refractivity contribution < 1.29 is 0 Å². The molecule has 0 amide bonds. The second kappa shape index (κ2) is 2.22. The molecular formula is C8H12. The lowest BCUT2D eigenvalue weighted by molar-refractivity contribution is 0.394. The molecule has 0 spiro atoms. The molecule has 0 saturated carbocycles. The van der Waals surface area contributed by atoms with Gasteiger partial charge in [-0.1, -0.05) is 13.8 Å². The molecule has 0 aliphatic heterocycles. The third kappa shape index (κ3) is 1.04. The highest BCUT2D eigenvalue weighted by Gasteiger charge is 2.11. The van der Waals surface area contributed by atoms with E-state index in [-0.39, 0.29) is 0 Å². The van der Waals surface area contributed by atoms with E-state index < -0.39 is 0 Å². The van der Waals surface area contributed by atoms with Crippen molar-refractivity contribution in [3.8, 4) is 11.8 Å². The Morgan fingerprint density at radius 3 is 1.62 bits per heavy atom. The van der Waals surface area contributed by atoms with E-state index in [1.165, 1.54) is 0 Å². The van der Waals surface area contributed by atoms with E-state index in [1.807, 2.05) is 0 Å². The van der Waals surface area contributed by atoms with E-state index in [2.05, 4.69) is 25.7 Å². The van der Waals surface area contributed by atoms with Crippen LogP contribution in [0.1, 0.15) is 26.7 Å². The fraction of sp³-hybridized carbons (Fsp3) is 0.750. The van der Waals surface area contributed by atoms with Crippen LogP contribution in [-0.2, 0) is 0 Å². The largest absolute Gasteiger partial charge is 0.103 e. The molecule has 0 aromatic carbocycles. The average molecular weight is 108 g/mol. The lowest BCUT2D eigenvalue weighted by atomic mass is 9.88. The van der Waals surface area contributed by atoms with Gasteiger partial charge in [0, 0.05) is 12.8 Å². The zero-order valence-corrected chi connectivity index (χ0v) is 5.57. The van der Waals surface area contributed by atoms with E-state index >= 15 is 0 Å². The molecule has 1 aliphatic carbocycles. The minimum atomic E-state index is 0.830. The van der Waals surface area contributed by atoms with Crippen molar-refractivity contribution in [2.24, 2.45) is 11.8 Å². The standard InChI is InChI=1S/C8H12/c1-7-5-3-4-6-8(7)2/h7-8H,5-6H2,1-2H3. The molecule has 0 fully saturated rings. The zero-order valence-electron chi connectivity index (χ0n) is 5.57. The van der Waals surface area contributed by atoms with Gasteiger partial charge in [-0.05, 0) is 11.8 Å². The van der Waals surface area contributed by atoms with Crippen molar-refractivity contribution in [3.63, 3.8) is 0 Å². The fourth-order valence-corrected chi connectivity index (χ4v) is 0.869. The Bertz CT molecular complexity index is 111. The smallest absolute Gasteiger partial charge is 0.0117 e. The predicted molar refractivity (Wildman–Crippen MR) is 35.3 cm³/mol. The molecule has 44 valence electrons. The first-order valence-electron chi connectivity index (χ1n) is 3.26. The summed E-state index contributed by atoms with van der Waals surface area (Å²) in [7, 11) is 0. The summed E-state index contributed by atoms with van der Waals surface area (Å²) >= 11 is 0. The Hall–Kier alpha value is -0.440. The molecule has 0 heteroatoms. The van der Waals surface area contributed by atoms with Crippen molar-refractivity contribution in [2.75, 3.05) is 0 Å². The highest BCUT2D eigenvalue weighted by molar-refractivity contribution is 5.05. The van der Waals surface area contributed by atoms with Crippen LogP contribution < -0.4 is 0 Å². The summed E-state index contributed by atoms with van der Waals surface area (Å²) in [6, 6.07) is 0. The highest BCUT2D eigenvalue weighted by Crippen LogP contribution is 2.19. The van der Waals surface area contributed by atoms with Gasteiger partial charge in [0.2, 0.25) is 0 Å². The summed E-state index contributed by atoms with van der Waals surface area (Å²) < 4.78 is 0. The summed E-state index contributed by atoms with van der Waals surface area (Å²) in [4.78, 5) is 0. The summed E-state index contributed by atoms with van der Waals surface area (Å²) in [5.74, 6) is 7.89. The van der Waals surface area contributed by atoms with Crippen LogP contribution in [0.15, 0.2) is 0 Å². The Kier molecular flexibility index (Phi) is 1.58. The summed E-state index contributed by atoms with van der Waals surface area (Å²) in [5, 5.41) is 0. The van der Waals surface area contributed by atoms with Crippen molar-refractivity contribution in [1.82, 2.24) is 0 Å². The second-order valence-electron chi connectivity index (χ2n) is 2.72. The van der Waals surface area contributed by atoms with Gasteiger partial charge in [0.05, 0.1) is 0 Å². The molecule has 1 rings (SSSR count). The Morgan fingerprint density at radius 2 is 1.38 bits per heavy atom. The first-order valence-corrected chi connectivity index (χ1v) is 3.26. The van der Waals surface area contributed by atoms with E-state index in [0.29, 0.717) is 0 Å². The molecule has 0 nitrogen and oxygen atoms in total. The lowest BCUT2D eigenvalue weighted by Gasteiger charge is -2.17. The maximum Gasteiger partial charge on any atom is 0.0117 e. The normalized spacial score (nSPS) is 35.8. The van der Waals surface area contributed by atoms with Crippen molar-refractivity contribution >= 4 is 0 Å². The number of rotatable bonds is 0. The molecule has 0 N–H and O–H groups in total. The first kappa shape index (κ1) is 5.69. The van der Waals surface area contributed by atoms with Gasteiger partial charge in [-0.25, -0.2) is 0 Å². The van der Waals surface area contributed by atoms with E-state index in [9.17, 15) is 0 Å². The molecule has 8 heavy (non-hydrogen) atoms. The van der Waals surface area contributed by atoms with Crippen molar-refractivity contribution in [3.05, 3.63) is 0 Å². The first-order chi connectivity index (χ1) is 3.80. The van der Waals surface area contributed by atoms with Crippen molar-refractivity contribution in [2.45, 2.75) is 26.7 Å². The summed E-state index contributed by atoms with van der Waals surface area (Å²) in [6.45, 7) is 4.55. The molecule has 0 aromatic rings. The molecular weight excluding hydrogens is 96.1 g/mol. The Labute approximate surface area is 51.3 Å². The maximum atomic E-state index is 3.11. The summed E-state index contributed by atoms with van der Waals surface area (Å²) in [5.41, 5.74) is 0. The Morgan fingerprint density at radius 1 is 1.00 bits per heavy atom. The lowest BCUT2D eigenvalue weighted by Crippen LogP contribution is -2.08. The second-order valence-corrected chi connectivity index (χ2v) is 2.72. The van der Waals surface area contributed by atoms with Crippen LogP contribution in [0.25, 0.3) is 0 Å². The third-order valence-electron chi connectivity index (χ3n) is 1.94. The molecule has 1 aliphatic rings. The average Bonchev–Trinajstić information content (AvgIpc) is 1.77. The Balaban J connectivity index is 2.51. The van der Waals surface area contributed by atoms with Gasteiger partial charge in [-0.15, -0.1) is 11.8 Å². The maximum absolute atomic E-state index is 3.11. The van der Waals surface area contributed by atoms with Gasteiger partial charge in [0.1, 0.15) is 0 Å². The van der Waals surface area contributed by atoms with Crippen LogP contribution in [0.3, 0.4) is 0 Å². The SMILES string of the molecule is CC1CC#CCC1C. The highest BCUT2D eigenvalue weighted by atomic mass is 14.2. The summed E-state index contributed by atoms with van der Waals surface area (Å²) in [6.07, 6.45) is 2.22. The fourth-order valence-electron chi connectivity index (χ4n) is 0.869. The van der Waals surface area contributed by atoms with E-state index in [1.54, 1.807) is 0 Å². The van der Waals surface area contributed by atoms with Crippen LogP contribution in [0.5, 0.6) is 0 Å². The molecule has 2 atom stereocenters. The topological polar surface area (TPSA) is 0 Å². The van der Waals surface area contributed by atoms with Gasteiger partial charge in [0.25, 0.3) is 0 Å². The molecule has 0 bridgehead atoms. The monoisotopic (exact) mass is 108 g/mol. The minimum Gasteiger partial charge on any atom is -0.103 e.